The van der Waals surface area contributed by atoms with E-state index in [4.69, 9.17) is 11.6 Å². The quantitative estimate of drug-likeness (QED) is 0.664. The fraction of sp³-hybridized carbons (Fsp3) is 0.438. The van der Waals surface area contributed by atoms with Crippen molar-refractivity contribution in [2.24, 2.45) is 5.92 Å². The van der Waals surface area contributed by atoms with Gasteiger partial charge in [0.15, 0.2) is 10.7 Å². The largest absolute Gasteiger partial charge is 0.435 e. The van der Waals surface area contributed by atoms with Crippen LogP contribution in [-0.2, 0) is 19.1 Å². The van der Waals surface area contributed by atoms with Crippen LogP contribution in [0.3, 0.4) is 0 Å². The third-order valence-electron chi connectivity index (χ3n) is 4.37. The number of hydrogen-bond donors (Lipinski definition) is 0. The molecule has 138 valence electrons. The summed E-state index contributed by atoms with van der Waals surface area (Å²) in [5.41, 5.74) is 0.00397. The summed E-state index contributed by atoms with van der Waals surface area (Å²) in [6.45, 7) is 1.85. The van der Waals surface area contributed by atoms with Crippen molar-refractivity contribution in [1.82, 2.24) is 19.2 Å². The zero-order valence-electron chi connectivity index (χ0n) is 13.7. The molecule has 10 heteroatoms. The van der Waals surface area contributed by atoms with Gasteiger partial charge in [-0.25, -0.2) is 9.67 Å². The maximum absolute atomic E-state index is 12.7. The Hall–Kier alpha value is -1.87. The number of fused-ring (bicyclic) bond motifs is 1. The minimum atomic E-state index is -4.58. The van der Waals surface area contributed by atoms with Crippen LogP contribution in [0.5, 0.6) is 0 Å². The molecule has 1 aliphatic carbocycles. The number of rotatable bonds is 4. The maximum atomic E-state index is 12.7. The Labute approximate surface area is 155 Å². The molecule has 0 aliphatic heterocycles. The molecule has 1 saturated carbocycles. The van der Waals surface area contributed by atoms with E-state index in [1.807, 2.05) is 6.92 Å². The van der Waals surface area contributed by atoms with Gasteiger partial charge in [-0.2, -0.15) is 18.3 Å². The normalized spacial score (nSPS) is 15.1. The molecule has 0 bridgehead atoms. The molecule has 0 radical (unpaired) electrons. The second-order valence-electron chi connectivity index (χ2n) is 6.46. The first-order chi connectivity index (χ1) is 12.2. The molecule has 0 spiro atoms. The highest BCUT2D eigenvalue weighted by Gasteiger charge is 2.34. The van der Waals surface area contributed by atoms with E-state index in [2.05, 4.69) is 10.1 Å². The summed E-state index contributed by atoms with van der Waals surface area (Å²) >= 11 is 7.25. The van der Waals surface area contributed by atoms with Gasteiger partial charge in [0.25, 0.3) is 5.56 Å². The fourth-order valence-corrected chi connectivity index (χ4v) is 4.11. The first kappa shape index (κ1) is 17.5. The second-order valence-corrected chi connectivity index (χ2v) is 8.03. The SMILES string of the molecule is Cc1sc2nc(Cn3nc(C(F)(F)F)cc3Cl)cc(=O)n2c1CC1CC1. The summed E-state index contributed by atoms with van der Waals surface area (Å²) in [5, 5.41) is 3.31. The van der Waals surface area contributed by atoms with Crippen LogP contribution >= 0.6 is 22.9 Å². The Balaban J connectivity index is 1.70. The Morgan fingerprint density at radius 2 is 2.08 bits per heavy atom. The van der Waals surface area contributed by atoms with E-state index in [0.717, 1.165) is 27.7 Å². The molecule has 0 saturated heterocycles. The minimum Gasteiger partial charge on any atom is -0.269 e. The number of hydrogen-bond acceptors (Lipinski definition) is 4. The Morgan fingerprint density at radius 3 is 2.69 bits per heavy atom. The van der Waals surface area contributed by atoms with Gasteiger partial charge in [-0.05, 0) is 32.1 Å². The monoisotopic (exact) mass is 402 g/mol. The van der Waals surface area contributed by atoms with E-state index >= 15 is 0 Å². The first-order valence-corrected chi connectivity index (χ1v) is 9.23. The van der Waals surface area contributed by atoms with Crippen LogP contribution in [0, 0.1) is 12.8 Å². The lowest BCUT2D eigenvalue weighted by Crippen LogP contribution is -2.18. The molecular weight excluding hydrogens is 389 g/mol. The van der Waals surface area contributed by atoms with E-state index in [1.165, 1.54) is 30.2 Å². The van der Waals surface area contributed by atoms with Crippen molar-refractivity contribution >= 4 is 27.9 Å². The van der Waals surface area contributed by atoms with Gasteiger partial charge in [-0.3, -0.25) is 9.20 Å². The molecule has 3 heterocycles. The molecule has 1 fully saturated rings. The average Bonchev–Trinajstić information content (AvgIpc) is 3.19. The van der Waals surface area contributed by atoms with E-state index < -0.39 is 11.9 Å². The number of halogens is 4. The van der Waals surface area contributed by atoms with E-state index in [0.29, 0.717) is 16.6 Å². The number of nitrogens with zero attached hydrogens (tertiary/aromatic N) is 4. The van der Waals surface area contributed by atoms with Gasteiger partial charge in [0, 0.05) is 22.7 Å². The lowest BCUT2D eigenvalue weighted by Gasteiger charge is -2.05. The fourth-order valence-electron chi connectivity index (χ4n) is 2.88. The molecule has 5 nitrogen and oxygen atoms in total. The first-order valence-electron chi connectivity index (χ1n) is 8.04. The molecule has 4 rings (SSSR count). The van der Waals surface area contributed by atoms with Crippen molar-refractivity contribution in [2.75, 3.05) is 0 Å². The van der Waals surface area contributed by atoms with Gasteiger partial charge in [0.05, 0.1) is 12.2 Å². The highest BCUT2D eigenvalue weighted by Crippen LogP contribution is 2.35. The predicted molar refractivity (Wildman–Crippen MR) is 91.8 cm³/mol. The van der Waals surface area contributed by atoms with Crippen LogP contribution in [0.2, 0.25) is 5.15 Å². The summed E-state index contributed by atoms with van der Waals surface area (Å²) in [4.78, 5) is 18.6. The Morgan fingerprint density at radius 1 is 1.35 bits per heavy atom. The smallest absolute Gasteiger partial charge is 0.269 e. The van der Waals surface area contributed by atoms with Gasteiger partial charge in [0.2, 0.25) is 0 Å². The molecule has 0 N–H and O–H groups in total. The zero-order chi connectivity index (χ0) is 18.6. The summed E-state index contributed by atoms with van der Waals surface area (Å²) < 4.78 is 40.8. The summed E-state index contributed by atoms with van der Waals surface area (Å²) in [5.74, 6) is 0.627. The Kier molecular flexibility index (Phi) is 4.11. The standard InChI is InChI=1S/C16H14ClF3N4OS/c1-8-11(4-9-2-3-9)24-14(25)5-10(21-15(24)26-8)7-23-13(17)6-12(22-23)16(18,19)20/h5-6,9H,2-4,7H2,1H3. The molecular formula is C16H14ClF3N4OS. The second kappa shape index (κ2) is 6.09. The lowest BCUT2D eigenvalue weighted by atomic mass is 10.2. The van der Waals surface area contributed by atoms with Gasteiger partial charge in [0.1, 0.15) is 5.15 Å². The summed E-state index contributed by atoms with van der Waals surface area (Å²) in [6.07, 6.45) is -1.37. The van der Waals surface area contributed by atoms with E-state index in [9.17, 15) is 18.0 Å². The predicted octanol–water partition coefficient (Wildman–Crippen LogP) is 3.93. The van der Waals surface area contributed by atoms with Crippen molar-refractivity contribution in [2.45, 2.75) is 38.9 Å². The summed E-state index contributed by atoms with van der Waals surface area (Å²) in [7, 11) is 0. The molecule has 26 heavy (non-hydrogen) atoms. The van der Waals surface area contributed by atoms with Crippen LogP contribution in [0.25, 0.3) is 4.96 Å². The van der Waals surface area contributed by atoms with E-state index in [1.54, 1.807) is 4.40 Å². The molecule has 0 aromatic carbocycles. The average molecular weight is 403 g/mol. The highest BCUT2D eigenvalue weighted by atomic mass is 35.5. The number of aromatic nitrogens is 4. The highest BCUT2D eigenvalue weighted by molar-refractivity contribution is 7.17. The lowest BCUT2D eigenvalue weighted by molar-refractivity contribution is -0.141. The van der Waals surface area contributed by atoms with Crippen LogP contribution in [0.15, 0.2) is 16.9 Å². The Bertz CT molecular complexity index is 1050. The third-order valence-corrected chi connectivity index (χ3v) is 5.68. The molecule has 0 atom stereocenters. The minimum absolute atomic E-state index is 0.102. The van der Waals surface area contributed by atoms with Gasteiger partial charge < -0.3 is 0 Å². The number of aryl methyl sites for hydroxylation is 1. The van der Waals surface area contributed by atoms with E-state index in [-0.39, 0.29) is 17.3 Å². The number of alkyl halides is 3. The molecule has 3 aromatic heterocycles. The van der Waals surface area contributed by atoms with Crippen molar-refractivity contribution in [3.63, 3.8) is 0 Å². The topological polar surface area (TPSA) is 52.2 Å². The van der Waals surface area contributed by atoms with Crippen molar-refractivity contribution < 1.29 is 13.2 Å². The van der Waals surface area contributed by atoms with Crippen molar-refractivity contribution in [3.05, 3.63) is 49.6 Å². The van der Waals surface area contributed by atoms with Gasteiger partial charge in [-0.1, -0.05) is 11.6 Å². The van der Waals surface area contributed by atoms with Crippen LogP contribution in [0.1, 0.15) is 34.8 Å². The third kappa shape index (κ3) is 3.25. The molecule has 0 amide bonds. The molecule has 3 aromatic rings. The number of thiazole rings is 1. The zero-order valence-corrected chi connectivity index (χ0v) is 15.3. The summed E-state index contributed by atoms with van der Waals surface area (Å²) in [6, 6.07) is 2.09. The molecule has 1 aliphatic rings. The van der Waals surface area contributed by atoms with Crippen LogP contribution in [-0.4, -0.2) is 19.2 Å². The van der Waals surface area contributed by atoms with Gasteiger partial charge >= 0.3 is 6.18 Å². The molecule has 0 unspecified atom stereocenters. The van der Waals surface area contributed by atoms with Crippen molar-refractivity contribution in [1.29, 1.82) is 0 Å². The van der Waals surface area contributed by atoms with Crippen LogP contribution in [0.4, 0.5) is 13.2 Å². The maximum Gasteiger partial charge on any atom is 0.435 e. The van der Waals surface area contributed by atoms with Crippen molar-refractivity contribution in [3.8, 4) is 0 Å². The van der Waals surface area contributed by atoms with Crippen LogP contribution < -0.4 is 5.56 Å². The van der Waals surface area contributed by atoms with Gasteiger partial charge in [-0.15, -0.1) is 11.3 Å².